The summed E-state index contributed by atoms with van der Waals surface area (Å²) in [7, 11) is 2.84. The van der Waals surface area contributed by atoms with Gasteiger partial charge in [0, 0.05) is 11.0 Å². The van der Waals surface area contributed by atoms with Crippen molar-refractivity contribution < 1.29 is 23.8 Å². The van der Waals surface area contributed by atoms with Gasteiger partial charge in [-0.25, -0.2) is 0 Å². The first-order valence-corrected chi connectivity index (χ1v) is 10.2. The number of thioether (sulfide) groups is 1. The molecule has 0 saturated carbocycles. The molecule has 1 heterocycles. The van der Waals surface area contributed by atoms with Crippen LogP contribution in [-0.2, 0) is 15.3 Å². The van der Waals surface area contributed by atoms with E-state index in [1.807, 2.05) is 30.3 Å². The molecule has 0 radical (unpaired) electrons. The summed E-state index contributed by atoms with van der Waals surface area (Å²) < 4.78 is 15.9. The first-order valence-electron chi connectivity index (χ1n) is 9.26. The van der Waals surface area contributed by atoms with Crippen molar-refractivity contribution in [2.45, 2.75) is 23.0 Å². The van der Waals surface area contributed by atoms with E-state index in [2.05, 4.69) is 0 Å². The van der Waals surface area contributed by atoms with Crippen molar-refractivity contribution in [2.24, 2.45) is 0 Å². The molecule has 30 heavy (non-hydrogen) atoms. The van der Waals surface area contributed by atoms with E-state index in [0.717, 1.165) is 4.90 Å². The number of hydrogen-bond donors (Lipinski definition) is 1. The van der Waals surface area contributed by atoms with Crippen LogP contribution in [0.2, 0.25) is 0 Å². The molecule has 0 saturated heterocycles. The van der Waals surface area contributed by atoms with Gasteiger partial charge in [-0.15, -0.1) is 11.8 Å². The molecule has 6 nitrogen and oxygen atoms in total. The zero-order chi connectivity index (χ0) is 21.5. The van der Waals surface area contributed by atoms with Crippen molar-refractivity contribution in [3.05, 3.63) is 88.0 Å². The number of benzene rings is 2. The molecule has 0 fully saturated rings. The van der Waals surface area contributed by atoms with Gasteiger partial charge in [0.05, 0.1) is 32.3 Å². The lowest BCUT2D eigenvalue weighted by Crippen LogP contribution is -2.14. The molecular weight excluding hydrogens is 404 g/mol. The first-order chi connectivity index (χ1) is 14.5. The van der Waals surface area contributed by atoms with Crippen molar-refractivity contribution in [1.82, 2.24) is 0 Å². The van der Waals surface area contributed by atoms with Gasteiger partial charge < -0.3 is 19.0 Å². The number of methoxy groups -OCH3 is 2. The number of carbonyl (C=O) groups excluding carboxylic acids is 1. The summed E-state index contributed by atoms with van der Waals surface area (Å²) in [5.41, 5.74) is 0.135. The summed E-state index contributed by atoms with van der Waals surface area (Å²) in [6, 6.07) is 18.0. The summed E-state index contributed by atoms with van der Waals surface area (Å²) in [4.78, 5) is 25.5. The van der Waals surface area contributed by atoms with Crippen LogP contribution in [0.3, 0.4) is 0 Å². The molecule has 0 bridgehead atoms. The lowest BCUT2D eigenvalue weighted by molar-refractivity contribution is -0.140. The number of ether oxygens (including phenoxy) is 2. The van der Waals surface area contributed by atoms with Crippen LogP contribution < -0.4 is 10.2 Å². The monoisotopic (exact) mass is 426 g/mol. The van der Waals surface area contributed by atoms with Crippen molar-refractivity contribution in [3.8, 4) is 11.5 Å². The molecule has 156 valence electrons. The molecule has 1 N–H and O–H groups in total. The number of hydrogen-bond acceptors (Lipinski definition) is 7. The zero-order valence-electron chi connectivity index (χ0n) is 16.7. The first kappa shape index (κ1) is 21.5. The second-order valence-electron chi connectivity index (χ2n) is 6.50. The van der Waals surface area contributed by atoms with Crippen molar-refractivity contribution in [2.75, 3.05) is 14.2 Å². The Hall–Kier alpha value is -3.19. The van der Waals surface area contributed by atoms with E-state index in [-0.39, 0.29) is 12.2 Å². The maximum Gasteiger partial charge on any atom is 0.306 e. The van der Waals surface area contributed by atoms with Gasteiger partial charge in [-0.1, -0.05) is 30.3 Å². The van der Waals surface area contributed by atoms with E-state index < -0.39 is 23.1 Å². The molecule has 1 aromatic heterocycles. The van der Waals surface area contributed by atoms with Gasteiger partial charge in [-0.05, 0) is 29.8 Å². The average molecular weight is 426 g/mol. The summed E-state index contributed by atoms with van der Waals surface area (Å²) in [5, 5.41) is 10.4. The summed E-state index contributed by atoms with van der Waals surface area (Å²) in [5.74, 6) is -0.172. The van der Waals surface area contributed by atoms with Crippen LogP contribution in [0.1, 0.15) is 29.4 Å². The van der Waals surface area contributed by atoms with Gasteiger partial charge in [-0.3, -0.25) is 9.59 Å². The third-order valence-electron chi connectivity index (χ3n) is 4.56. The lowest BCUT2D eigenvalue weighted by atomic mass is 9.92. The van der Waals surface area contributed by atoms with Crippen LogP contribution in [-0.4, -0.2) is 25.3 Å². The summed E-state index contributed by atoms with van der Waals surface area (Å²) in [6.07, 6.45) is -0.0887. The van der Waals surface area contributed by atoms with Crippen LogP contribution in [0.5, 0.6) is 11.5 Å². The maximum atomic E-state index is 12.4. The highest BCUT2D eigenvalue weighted by Gasteiger charge is 2.26. The van der Waals surface area contributed by atoms with Crippen molar-refractivity contribution >= 4 is 17.7 Å². The van der Waals surface area contributed by atoms with Gasteiger partial charge >= 0.3 is 5.97 Å². The van der Waals surface area contributed by atoms with Gasteiger partial charge in [0.25, 0.3) is 0 Å². The Morgan fingerprint density at radius 2 is 1.80 bits per heavy atom. The SMILES string of the molecule is COC(=O)C[C@H](c1ccc(OC)cc1)c1oc(CSc2ccccc2)cc(=O)c1O. The Labute approximate surface area is 178 Å². The maximum absolute atomic E-state index is 12.4. The molecule has 0 aliphatic heterocycles. The van der Waals surface area contributed by atoms with Gasteiger partial charge in [-0.2, -0.15) is 0 Å². The molecule has 0 unspecified atom stereocenters. The molecule has 1 atom stereocenters. The highest BCUT2D eigenvalue weighted by atomic mass is 32.2. The van der Waals surface area contributed by atoms with Crippen molar-refractivity contribution in [3.63, 3.8) is 0 Å². The molecule has 0 aliphatic rings. The Morgan fingerprint density at radius 3 is 2.43 bits per heavy atom. The fourth-order valence-corrected chi connectivity index (χ4v) is 3.78. The lowest BCUT2D eigenvalue weighted by Gasteiger charge is -2.18. The molecule has 7 heteroatoms. The van der Waals surface area contributed by atoms with E-state index in [9.17, 15) is 14.7 Å². The minimum absolute atomic E-state index is 0.0433. The van der Waals surface area contributed by atoms with Crippen LogP contribution in [0.25, 0.3) is 0 Å². The van der Waals surface area contributed by atoms with Crippen LogP contribution in [0.4, 0.5) is 0 Å². The number of esters is 1. The van der Waals surface area contributed by atoms with Gasteiger partial charge in [0.2, 0.25) is 11.2 Å². The largest absolute Gasteiger partial charge is 0.502 e. The highest BCUT2D eigenvalue weighted by Crippen LogP contribution is 2.35. The second-order valence-corrected chi connectivity index (χ2v) is 7.55. The fourth-order valence-electron chi connectivity index (χ4n) is 2.98. The predicted molar refractivity (Wildman–Crippen MR) is 114 cm³/mol. The standard InChI is InChI=1S/C23H22O6S/c1-27-16-10-8-15(9-11-16)19(13-21(25)28-2)23-22(26)20(24)12-17(29-23)14-30-18-6-4-3-5-7-18/h3-12,19,26H,13-14H2,1-2H3/t19-/m1/s1. The van der Waals surface area contributed by atoms with Crippen LogP contribution >= 0.6 is 11.8 Å². The minimum Gasteiger partial charge on any atom is -0.502 e. The van der Waals surface area contributed by atoms with Crippen LogP contribution in [0, 0.1) is 0 Å². The molecule has 3 rings (SSSR count). The van der Waals surface area contributed by atoms with Gasteiger partial charge in [0.15, 0.2) is 5.76 Å². The second kappa shape index (κ2) is 10.0. The normalized spacial score (nSPS) is 11.7. The number of aromatic hydroxyl groups is 1. The number of carbonyl (C=O) groups is 1. The highest BCUT2D eigenvalue weighted by molar-refractivity contribution is 7.98. The summed E-state index contributed by atoms with van der Waals surface area (Å²) in [6.45, 7) is 0. The zero-order valence-corrected chi connectivity index (χ0v) is 17.5. The Morgan fingerprint density at radius 1 is 1.10 bits per heavy atom. The fraction of sp³-hybridized carbons (Fsp3) is 0.217. The minimum atomic E-state index is -0.683. The van der Waals surface area contributed by atoms with E-state index in [1.165, 1.54) is 24.9 Å². The van der Waals surface area contributed by atoms with Crippen LogP contribution in [0.15, 0.2) is 74.8 Å². The molecule has 3 aromatic rings. The Kier molecular flexibility index (Phi) is 7.19. The third-order valence-corrected chi connectivity index (χ3v) is 5.59. The smallest absolute Gasteiger partial charge is 0.306 e. The molecular formula is C23H22O6S. The van der Waals surface area contributed by atoms with Crippen molar-refractivity contribution in [1.29, 1.82) is 0 Å². The van der Waals surface area contributed by atoms with Gasteiger partial charge in [0.1, 0.15) is 11.5 Å². The van der Waals surface area contributed by atoms with E-state index in [0.29, 0.717) is 22.8 Å². The molecule has 2 aromatic carbocycles. The molecule has 0 aliphatic carbocycles. The Bertz CT molecular complexity index is 1040. The van der Waals surface area contributed by atoms with E-state index >= 15 is 0 Å². The Balaban J connectivity index is 1.97. The average Bonchev–Trinajstić information content (AvgIpc) is 2.79. The molecule has 0 amide bonds. The summed E-state index contributed by atoms with van der Waals surface area (Å²) >= 11 is 1.51. The quantitative estimate of drug-likeness (QED) is 0.423. The number of rotatable bonds is 8. The topological polar surface area (TPSA) is 86.0 Å². The van der Waals surface area contributed by atoms with E-state index in [4.69, 9.17) is 13.9 Å². The molecule has 0 spiro atoms. The van der Waals surface area contributed by atoms with E-state index in [1.54, 1.807) is 31.4 Å². The predicted octanol–water partition coefficient (Wildman–Crippen LogP) is 4.34. The third kappa shape index (κ3) is 5.24.